The molecule has 0 aliphatic carbocycles. The maximum atomic E-state index is 11.9. The third-order valence-corrected chi connectivity index (χ3v) is 3.94. The maximum Gasteiger partial charge on any atom is 0.326 e. The zero-order valence-electron chi connectivity index (χ0n) is 13.9. The van der Waals surface area contributed by atoms with Crippen molar-refractivity contribution < 1.29 is 19.5 Å². The topological polar surface area (TPSA) is 88.4 Å². The van der Waals surface area contributed by atoms with Crippen LogP contribution in [0.15, 0.2) is 30.5 Å². The van der Waals surface area contributed by atoms with Crippen molar-refractivity contribution in [2.24, 2.45) is 5.92 Å². The van der Waals surface area contributed by atoms with Gasteiger partial charge in [-0.2, -0.15) is 0 Å². The number of aromatic nitrogens is 1. The summed E-state index contributed by atoms with van der Waals surface area (Å²) in [4.78, 5) is 34.6. The van der Waals surface area contributed by atoms with Gasteiger partial charge in [-0.3, -0.25) is 14.2 Å². The summed E-state index contributed by atoms with van der Waals surface area (Å²) in [6.07, 6.45) is 3.45. The van der Waals surface area contributed by atoms with E-state index in [0.717, 1.165) is 10.9 Å². The molecule has 1 aromatic carbocycles. The van der Waals surface area contributed by atoms with E-state index in [4.69, 9.17) is 0 Å². The average molecular weight is 330 g/mol. The van der Waals surface area contributed by atoms with Crippen LogP contribution in [-0.4, -0.2) is 34.0 Å². The molecule has 1 unspecified atom stereocenters. The Morgan fingerprint density at radius 3 is 2.62 bits per heavy atom. The van der Waals surface area contributed by atoms with Gasteiger partial charge in [0.05, 0.1) is 5.52 Å². The minimum absolute atomic E-state index is 0.129. The van der Waals surface area contributed by atoms with Crippen molar-refractivity contribution in [2.75, 3.05) is 0 Å². The van der Waals surface area contributed by atoms with E-state index < -0.39 is 12.0 Å². The summed E-state index contributed by atoms with van der Waals surface area (Å²) in [6, 6.07) is 6.26. The number of carbonyl (C=O) groups is 3. The van der Waals surface area contributed by atoms with Crippen molar-refractivity contribution in [1.29, 1.82) is 0 Å². The zero-order chi connectivity index (χ0) is 17.7. The molecule has 6 heteroatoms. The van der Waals surface area contributed by atoms with Gasteiger partial charge in [0.1, 0.15) is 6.04 Å². The van der Waals surface area contributed by atoms with Crippen LogP contribution in [0.2, 0.25) is 0 Å². The molecule has 1 atom stereocenters. The lowest BCUT2D eigenvalue weighted by atomic mass is 10.0. The predicted octanol–water partition coefficient (Wildman–Crippen LogP) is 2.23. The molecule has 0 aliphatic rings. The number of aliphatic carboxylic acids is 1. The number of amides is 1. The summed E-state index contributed by atoms with van der Waals surface area (Å²) >= 11 is 0. The van der Waals surface area contributed by atoms with E-state index in [9.17, 15) is 19.5 Å². The number of carboxylic acid groups (broad SMARTS) is 1. The van der Waals surface area contributed by atoms with Gasteiger partial charge in [0, 0.05) is 24.4 Å². The lowest BCUT2D eigenvalue weighted by Gasteiger charge is -2.14. The molecule has 128 valence electrons. The van der Waals surface area contributed by atoms with Crippen molar-refractivity contribution >= 4 is 29.2 Å². The maximum absolute atomic E-state index is 11.9. The standard InChI is InChI=1S/C18H22N2O4/c1-12(2)7-8-17(22)19-15(18(23)24)9-13-10-20(11-21)16-6-4-3-5-14(13)16/h3-6,10-12,15H,7-9H2,1-2H3,(H,19,22)(H,23,24). The fourth-order valence-corrected chi connectivity index (χ4v) is 2.63. The van der Waals surface area contributed by atoms with Gasteiger partial charge in [-0.05, 0) is 24.0 Å². The number of rotatable bonds is 8. The first-order chi connectivity index (χ1) is 11.4. The first-order valence-corrected chi connectivity index (χ1v) is 7.98. The van der Waals surface area contributed by atoms with E-state index in [-0.39, 0.29) is 12.3 Å². The van der Waals surface area contributed by atoms with Crippen molar-refractivity contribution in [3.63, 3.8) is 0 Å². The van der Waals surface area contributed by atoms with E-state index >= 15 is 0 Å². The summed E-state index contributed by atoms with van der Waals surface area (Å²) in [5.41, 5.74) is 1.44. The van der Waals surface area contributed by atoms with E-state index in [2.05, 4.69) is 5.32 Å². The summed E-state index contributed by atoms with van der Waals surface area (Å²) in [5.74, 6) is -0.976. The molecule has 0 fully saturated rings. The molecule has 2 aromatic rings. The Kier molecular flexibility index (Phi) is 5.73. The van der Waals surface area contributed by atoms with E-state index in [1.54, 1.807) is 12.3 Å². The Balaban J connectivity index is 2.18. The molecule has 24 heavy (non-hydrogen) atoms. The van der Waals surface area contributed by atoms with E-state index in [1.165, 1.54) is 4.57 Å². The summed E-state index contributed by atoms with van der Waals surface area (Å²) in [5, 5.41) is 12.8. The quantitative estimate of drug-likeness (QED) is 0.727. The van der Waals surface area contributed by atoms with Gasteiger partial charge < -0.3 is 10.4 Å². The molecule has 0 spiro atoms. The molecule has 6 nitrogen and oxygen atoms in total. The molecule has 0 saturated heterocycles. The molecule has 0 saturated carbocycles. The first kappa shape index (κ1) is 17.7. The van der Waals surface area contributed by atoms with Crippen molar-refractivity contribution in [1.82, 2.24) is 9.88 Å². The number of nitrogens with zero attached hydrogens (tertiary/aromatic N) is 1. The number of hydrogen-bond acceptors (Lipinski definition) is 3. The van der Waals surface area contributed by atoms with Crippen LogP contribution in [0.25, 0.3) is 10.9 Å². The molecule has 2 N–H and O–H groups in total. The van der Waals surface area contributed by atoms with Crippen molar-refractivity contribution in [2.45, 2.75) is 39.2 Å². The fraction of sp³-hybridized carbons (Fsp3) is 0.389. The Bertz CT molecular complexity index is 749. The Morgan fingerprint density at radius 2 is 2.00 bits per heavy atom. The third kappa shape index (κ3) is 4.22. The number of fused-ring (bicyclic) bond motifs is 1. The second-order valence-corrected chi connectivity index (χ2v) is 6.28. The number of para-hydroxylation sites is 1. The van der Waals surface area contributed by atoms with Gasteiger partial charge in [-0.15, -0.1) is 0 Å². The summed E-state index contributed by atoms with van der Waals surface area (Å²) in [7, 11) is 0. The van der Waals surface area contributed by atoms with Crippen LogP contribution in [0.4, 0.5) is 0 Å². The molecular formula is C18H22N2O4. The molecule has 1 amide bonds. The highest BCUT2D eigenvalue weighted by Gasteiger charge is 2.22. The van der Waals surface area contributed by atoms with Crippen LogP contribution in [0.5, 0.6) is 0 Å². The number of carbonyl (C=O) groups excluding carboxylic acids is 2. The minimum Gasteiger partial charge on any atom is -0.480 e. The van der Waals surface area contributed by atoms with Gasteiger partial charge in [-0.25, -0.2) is 4.79 Å². The van der Waals surface area contributed by atoms with Crippen molar-refractivity contribution in [3.8, 4) is 0 Å². The van der Waals surface area contributed by atoms with Crippen LogP contribution < -0.4 is 5.32 Å². The molecular weight excluding hydrogens is 308 g/mol. The SMILES string of the molecule is CC(C)CCC(=O)NC(Cc1cn(C=O)c2ccccc12)C(=O)O. The van der Waals surface area contributed by atoms with Gasteiger partial charge in [0.2, 0.25) is 12.3 Å². The van der Waals surface area contributed by atoms with Crippen LogP contribution in [0.3, 0.4) is 0 Å². The summed E-state index contributed by atoms with van der Waals surface area (Å²) < 4.78 is 1.42. The normalized spacial score (nSPS) is 12.3. The van der Waals surface area contributed by atoms with Crippen molar-refractivity contribution in [3.05, 3.63) is 36.0 Å². The summed E-state index contributed by atoms with van der Waals surface area (Å²) in [6.45, 7) is 4.02. The van der Waals surface area contributed by atoms with Crippen LogP contribution in [0, 0.1) is 5.92 Å². The second-order valence-electron chi connectivity index (χ2n) is 6.28. The van der Waals surface area contributed by atoms with Crippen LogP contribution in [0.1, 0.15) is 32.3 Å². The van der Waals surface area contributed by atoms with Gasteiger partial charge in [-0.1, -0.05) is 32.0 Å². The largest absolute Gasteiger partial charge is 0.480 e. The van der Waals surface area contributed by atoms with E-state index in [1.807, 2.05) is 32.0 Å². The van der Waals surface area contributed by atoms with Gasteiger partial charge in [0.25, 0.3) is 0 Å². The van der Waals surface area contributed by atoms with Crippen LogP contribution in [-0.2, 0) is 20.8 Å². The number of benzene rings is 1. The fourth-order valence-electron chi connectivity index (χ4n) is 2.63. The minimum atomic E-state index is -1.09. The highest BCUT2D eigenvalue weighted by atomic mass is 16.4. The van der Waals surface area contributed by atoms with Gasteiger partial charge in [0.15, 0.2) is 0 Å². The first-order valence-electron chi connectivity index (χ1n) is 7.98. The molecule has 1 aromatic heterocycles. The smallest absolute Gasteiger partial charge is 0.326 e. The Morgan fingerprint density at radius 1 is 1.29 bits per heavy atom. The third-order valence-electron chi connectivity index (χ3n) is 3.94. The molecule has 0 bridgehead atoms. The Labute approximate surface area is 140 Å². The lowest BCUT2D eigenvalue weighted by Crippen LogP contribution is -2.42. The number of nitrogens with one attached hydrogen (secondary N) is 1. The van der Waals surface area contributed by atoms with Gasteiger partial charge >= 0.3 is 5.97 Å². The number of carboxylic acids is 1. The molecule has 2 rings (SSSR count). The lowest BCUT2D eigenvalue weighted by molar-refractivity contribution is -0.141. The molecule has 0 radical (unpaired) electrons. The highest BCUT2D eigenvalue weighted by Crippen LogP contribution is 2.21. The molecule has 1 heterocycles. The molecule has 0 aliphatic heterocycles. The number of hydrogen-bond donors (Lipinski definition) is 2. The van der Waals surface area contributed by atoms with Crippen LogP contribution >= 0.6 is 0 Å². The van der Waals surface area contributed by atoms with E-state index in [0.29, 0.717) is 30.7 Å². The Hall–Kier alpha value is -2.63. The second kappa shape index (κ2) is 7.77. The predicted molar refractivity (Wildman–Crippen MR) is 91.4 cm³/mol. The zero-order valence-corrected chi connectivity index (χ0v) is 13.9. The monoisotopic (exact) mass is 330 g/mol. The average Bonchev–Trinajstić information content (AvgIpc) is 2.90. The highest BCUT2D eigenvalue weighted by molar-refractivity contribution is 5.90.